The minimum absolute atomic E-state index is 0.163. The zero-order valence-corrected chi connectivity index (χ0v) is 14.1. The van der Waals surface area contributed by atoms with Gasteiger partial charge in [-0.2, -0.15) is 0 Å². The third kappa shape index (κ3) is 4.84. The Labute approximate surface area is 135 Å². The van der Waals surface area contributed by atoms with Crippen LogP contribution in [0.1, 0.15) is 45.1 Å². The van der Waals surface area contributed by atoms with E-state index in [0.717, 1.165) is 25.8 Å². The van der Waals surface area contributed by atoms with Crippen molar-refractivity contribution < 1.29 is 4.79 Å². The predicted octanol–water partition coefficient (Wildman–Crippen LogP) is 3.25. The van der Waals surface area contributed by atoms with Gasteiger partial charge in [-0.25, -0.2) is 0 Å². The van der Waals surface area contributed by atoms with E-state index in [9.17, 15) is 4.79 Å². The first-order chi connectivity index (χ1) is 10.7. The first kappa shape index (κ1) is 17.0. The van der Waals surface area contributed by atoms with Crippen LogP contribution in [0.3, 0.4) is 0 Å². The van der Waals surface area contributed by atoms with Gasteiger partial charge in [0.1, 0.15) is 0 Å². The van der Waals surface area contributed by atoms with Crippen LogP contribution in [0.4, 0.5) is 0 Å². The van der Waals surface area contributed by atoms with E-state index >= 15 is 0 Å². The topological polar surface area (TPSA) is 32.3 Å². The van der Waals surface area contributed by atoms with Crippen LogP contribution in [0.15, 0.2) is 30.3 Å². The molecule has 1 N–H and O–H groups in total. The molecular weight excluding hydrogens is 272 g/mol. The van der Waals surface area contributed by atoms with E-state index in [-0.39, 0.29) is 11.8 Å². The summed E-state index contributed by atoms with van der Waals surface area (Å²) in [6.45, 7) is 7.28. The molecular formula is C19H30N2O. The predicted molar refractivity (Wildman–Crippen MR) is 91.8 cm³/mol. The van der Waals surface area contributed by atoms with Crippen LogP contribution in [0.25, 0.3) is 0 Å². The number of nitrogens with one attached hydrogen (secondary N) is 1. The van der Waals surface area contributed by atoms with Crippen molar-refractivity contribution in [3.63, 3.8) is 0 Å². The highest BCUT2D eigenvalue weighted by atomic mass is 16.1. The van der Waals surface area contributed by atoms with E-state index in [4.69, 9.17) is 0 Å². The van der Waals surface area contributed by atoms with Gasteiger partial charge in [-0.15, -0.1) is 0 Å². The molecule has 122 valence electrons. The average molecular weight is 302 g/mol. The summed E-state index contributed by atoms with van der Waals surface area (Å²) >= 11 is 0. The molecule has 3 nitrogen and oxygen atoms in total. The van der Waals surface area contributed by atoms with Gasteiger partial charge in [0.05, 0.1) is 0 Å². The molecule has 1 heterocycles. The van der Waals surface area contributed by atoms with Crippen LogP contribution < -0.4 is 5.32 Å². The lowest BCUT2D eigenvalue weighted by molar-refractivity contribution is -0.125. The van der Waals surface area contributed by atoms with Gasteiger partial charge in [0.25, 0.3) is 0 Å². The van der Waals surface area contributed by atoms with Crippen LogP contribution in [-0.4, -0.2) is 36.5 Å². The third-order valence-corrected chi connectivity index (χ3v) is 4.84. The van der Waals surface area contributed by atoms with Crippen molar-refractivity contribution in [3.05, 3.63) is 35.9 Å². The van der Waals surface area contributed by atoms with Crippen LogP contribution in [0.5, 0.6) is 0 Å². The van der Waals surface area contributed by atoms with E-state index in [1.54, 1.807) is 0 Å². The number of hydrogen-bond acceptors (Lipinski definition) is 2. The molecule has 1 aromatic rings. The largest absolute Gasteiger partial charge is 0.354 e. The Bertz CT molecular complexity index is 436. The maximum absolute atomic E-state index is 12.2. The average Bonchev–Trinajstić information content (AvgIpc) is 3.08. The number of benzene rings is 1. The molecule has 1 saturated heterocycles. The summed E-state index contributed by atoms with van der Waals surface area (Å²) in [5.41, 5.74) is 1.36. The summed E-state index contributed by atoms with van der Waals surface area (Å²) in [5, 5.41) is 3.20. The Hall–Kier alpha value is -1.35. The second-order valence-corrected chi connectivity index (χ2v) is 6.35. The number of amides is 1. The fourth-order valence-electron chi connectivity index (χ4n) is 3.35. The molecule has 22 heavy (non-hydrogen) atoms. The van der Waals surface area contributed by atoms with Gasteiger partial charge < -0.3 is 5.32 Å². The number of rotatable bonds is 8. The van der Waals surface area contributed by atoms with Crippen molar-refractivity contribution in [2.45, 2.75) is 52.0 Å². The summed E-state index contributed by atoms with van der Waals surface area (Å²) in [6, 6.07) is 11.0. The molecule has 0 bridgehead atoms. The molecule has 0 saturated carbocycles. The summed E-state index contributed by atoms with van der Waals surface area (Å²) in [5.74, 6) is 0.387. The van der Waals surface area contributed by atoms with Crippen molar-refractivity contribution in [1.29, 1.82) is 0 Å². The van der Waals surface area contributed by atoms with Gasteiger partial charge in [-0.3, -0.25) is 9.69 Å². The Kier molecular flexibility index (Phi) is 6.91. The fraction of sp³-hybridized carbons (Fsp3) is 0.632. The first-order valence-corrected chi connectivity index (χ1v) is 8.80. The van der Waals surface area contributed by atoms with Crippen molar-refractivity contribution >= 4 is 5.91 Å². The van der Waals surface area contributed by atoms with E-state index in [2.05, 4.69) is 54.4 Å². The molecule has 2 rings (SSSR count). The van der Waals surface area contributed by atoms with Gasteiger partial charge in [0.2, 0.25) is 5.91 Å². The molecule has 1 atom stereocenters. The number of hydrogen-bond donors (Lipinski definition) is 1. The highest BCUT2D eigenvalue weighted by Crippen LogP contribution is 2.16. The second-order valence-electron chi connectivity index (χ2n) is 6.35. The molecule has 1 aliphatic heterocycles. The SMILES string of the molecule is CCC(CC)C(=O)NCC(Cc1ccccc1)N1CCCC1. The smallest absolute Gasteiger partial charge is 0.223 e. The molecule has 0 aliphatic carbocycles. The van der Waals surface area contributed by atoms with E-state index in [1.165, 1.54) is 31.5 Å². The van der Waals surface area contributed by atoms with Gasteiger partial charge >= 0.3 is 0 Å². The van der Waals surface area contributed by atoms with Gasteiger partial charge in [0.15, 0.2) is 0 Å². The number of carbonyl (C=O) groups excluding carboxylic acids is 1. The maximum atomic E-state index is 12.2. The first-order valence-electron chi connectivity index (χ1n) is 8.80. The molecule has 0 aromatic heterocycles. The minimum Gasteiger partial charge on any atom is -0.354 e. The molecule has 1 unspecified atom stereocenters. The van der Waals surface area contributed by atoms with Crippen LogP contribution in [0.2, 0.25) is 0 Å². The van der Waals surface area contributed by atoms with Crippen LogP contribution in [-0.2, 0) is 11.2 Å². The molecule has 1 fully saturated rings. The zero-order chi connectivity index (χ0) is 15.8. The quantitative estimate of drug-likeness (QED) is 0.799. The Balaban J connectivity index is 1.94. The lowest BCUT2D eigenvalue weighted by Gasteiger charge is -2.28. The van der Waals surface area contributed by atoms with Crippen molar-refractivity contribution in [2.75, 3.05) is 19.6 Å². The fourth-order valence-corrected chi connectivity index (χ4v) is 3.35. The van der Waals surface area contributed by atoms with Gasteiger partial charge in [-0.1, -0.05) is 44.2 Å². The summed E-state index contributed by atoms with van der Waals surface area (Å²) in [4.78, 5) is 14.8. The highest BCUT2D eigenvalue weighted by Gasteiger charge is 2.23. The molecule has 3 heteroatoms. The molecule has 0 spiro atoms. The lowest BCUT2D eigenvalue weighted by Crippen LogP contribution is -2.45. The Morgan fingerprint density at radius 3 is 2.36 bits per heavy atom. The van der Waals surface area contributed by atoms with Crippen molar-refractivity contribution in [1.82, 2.24) is 10.2 Å². The Morgan fingerprint density at radius 2 is 1.77 bits per heavy atom. The molecule has 1 aliphatic rings. The second kappa shape index (κ2) is 8.94. The standard InChI is InChI=1S/C19H30N2O/c1-3-17(4-2)19(22)20-15-18(21-12-8-9-13-21)14-16-10-6-5-7-11-16/h5-7,10-11,17-18H,3-4,8-9,12-15H2,1-2H3,(H,20,22). The third-order valence-electron chi connectivity index (χ3n) is 4.84. The van der Waals surface area contributed by atoms with Crippen molar-refractivity contribution in [3.8, 4) is 0 Å². The van der Waals surface area contributed by atoms with Crippen molar-refractivity contribution in [2.24, 2.45) is 5.92 Å². The zero-order valence-electron chi connectivity index (χ0n) is 14.1. The number of likely N-dealkylation sites (tertiary alicyclic amines) is 1. The Morgan fingerprint density at radius 1 is 1.14 bits per heavy atom. The number of carbonyl (C=O) groups is 1. The molecule has 1 aromatic carbocycles. The normalized spacial score (nSPS) is 16.9. The highest BCUT2D eigenvalue weighted by molar-refractivity contribution is 5.78. The summed E-state index contributed by atoms with van der Waals surface area (Å²) < 4.78 is 0. The van der Waals surface area contributed by atoms with E-state index in [0.29, 0.717) is 6.04 Å². The van der Waals surface area contributed by atoms with E-state index < -0.39 is 0 Å². The van der Waals surface area contributed by atoms with Gasteiger partial charge in [-0.05, 0) is 50.8 Å². The lowest BCUT2D eigenvalue weighted by atomic mass is 10.0. The number of nitrogens with zero attached hydrogens (tertiary/aromatic N) is 1. The molecule has 1 amide bonds. The summed E-state index contributed by atoms with van der Waals surface area (Å²) in [6.07, 6.45) is 5.44. The monoisotopic (exact) mass is 302 g/mol. The van der Waals surface area contributed by atoms with Gasteiger partial charge in [0, 0.05) is 18.5 Å². The summed E-state index contributed by atoms with van der Waals surface area (Å²) in [7, 11) is 0. The maximum Gasteiger partial charge on any atom is 0.223 e. The van der Waals surface area contributed by atoms with E-state index in [1.807, 2.05) is 0 Å². The minimum atomic E-state index is 0.163. The van der Waals surface area contributed by atoms with Crippen LogP contribution >= 0.6 is 0 Å². The molecule has 0 radical (unpaired) electrons. The van der Waals surface area contributed by atoms with Crippen LogP contribution in [0, 0.1) is 5.92 Å².